The average molecular weight is 414 g/mol. The molecule has 0 aliphatic carbocycles. The van der Waals surface area contributed by atoms with Gasteiger partial charge in [-0.25, -0.2) is 9.48 Å². The van der Waals surface area contributed by atoms with Crippen molar-refractivity contribution in [1.29, 1.82) is 0 Å². The third-order valence-corrected chi connectivity index (χ3v) is 4.61. The summed E-state index contributed by atoms with van der Waals surface area (Å²) in [5, 5.41) is 7.50. The van der Waals surface area contributed by atoms with Gasteiger partial charge in [0.25, 0.3) is 5.91 Å². The number of nitrogens with zero attached hydrogens (tertiary/aromatic N) is 2. The zero-order chi connectivity index (χ0) is 20.8. The first kappa shape index (κ1) is 20.4. The molecule has 150 valence electrons. The highest BCUT2D eigenvalue weighted by molar-refractivity contribution is 6.31. The maximum atomic E-state index is 12.2. The third-order valence-electron chi connectivity index (χ3n) is 4.24. The molecule has 3 aromatic rings. The maximum Gasteiger partial charge on any atom is 0.338 e. The van der Waals surface area contributed by atoms with Gasteiger partial charge in [0.1, 0.15) is 11.6 Å². The van der Waals surface area contributed by atoms with E-state index in [9.17, 15) is 9.59 Å². The number of esters is 1. The molecule has 0 saturated carbocycles. The monoisotopic (exact) mass is 413 g/mol. The Balaban J connectivity index is 1.58. The summed E-state index contributed by atoms with van der Waals surface area (Å²) in [7, 11) is 1.52. The number of benzene rings is 2. The number of ether oxygens (including phenoxy) is 2. The Hall–Kier alpha value is -3.32. The fourth-order valence-electron chi connectivity index (χ4n) is 2.69. The number of aromatic nitrogens is 2. The molecule has 1 heterocycles. The number of carbonyl (C=O) groups excluding carboxylic acids is 2. The summed E-state index contributed by atoms with van der Waals surface area (Å²) in [5.74, 6) is -0.0308. The van der Waals surface area contributed by atoms with Gasteiger partial charge in [-0.05, 0) is 36.2 Å². The molecule has 0 fully saturated rings. The van der Waals surface area contributed by atoms with E-state index in [4.69, 9.17) is 21.1 Å². The van der Waals surface area contributed by atoms with Gasteiger partial charge in [-0.1, -0.05) is 35.9 Å². The molecule has 1 N–H and O–H groups in total. The Morgan fingerprint density at radius 2 is 1.97 bits per heavy atom. The van der Waals surface area contributed by atoms with Crippen molar-refractivity contribution < 1.29 is 19.1 Å². The molecule has 29 heavy (non-hydrogen) atoms. The molecule has 0 bridgehead atoms. The number of hydrogen-bond donors (Lipinski definition) is 1. The van der Waals surface area contributed by atoms with Crippen LogP contribution < -0.4 is 10.1 Å². The summed E-state index contributed by atoms with van der Waals surface area (Å²) in [6, 6.07) is 14.0. The van der Waals surface area contributed by atoms with E-state index in [0.717, 1.165) is 11.1 Å². The number of amides is 1. The second-order valence-electron chi connectivity index (χ2n) is 6.27. The van der Waals surface area contributed by atoms with Gasteiger partial charge in [0, 0.05) is 11.1 Å². The Morgan fingerprint density at radius 3 is 2.72 bits per heavy atom. The van der Waals surface area contributed by atoms with Crippen LogP contribution in [0.25, 0.3) is 0 Å². The number of anilines is 1. The van der Waals surface area contributed by atoms with Crippen molar-refractivity contribution in [3.63, 3.8) is 0 Å². The molecule has 0 unspecified atom stereocenters. The maximum absolute atomic E-state index is 12.2. The van der Waals surface area contributed by atoms with Crippen molar-refractivity contribution in [2.75, 3.05) is 19.0 Å². The van der Waals surface area contributed by atoms with Gasteiger partial charge in [0.05, 0.1) is 25.4 Å². The van der Waals surface area contributed by atoms with Crippen LogP contribution in [0, 0.1) is 6.92 Å². The van der Waals surface area contributed by atoms with Crippen LogP contribution in [0.3, 0.4) is 0 Å². The summed E-state index contributed by atoms with van der Waals surface area (Å²) in [4.78, 5) is 24.4. The van der Waals surface area contributed by atoms with Gasteiger partial charge in [0.15, 0.2) is 6.61 Å². The number of halogens is 1. The van der Waals surface area contributed by atoms with Crippen LogP contribution in [0.2, 0.25) is 5.02 Å². The van der Waals surface area contributed by atoms with Gasteiger partial charge < -0.3 is 14.8 Å². The topological polar surface area (TPSA) is 82.4 Å². The van der Waals surface area contributed by atoms with Crippen molar-refractivity contribution in [2.45, 2.75) is 13.5 Å². The number of methoxy groups -OCH3 is 1. The van der Waals surface area contributed by atoms with E-state index in [-0.39, 0.29) is 0 Å². The quantitative estimate of drug-likeness (QED) is 0.597. The lowest BCUT2D eigenvalue weighted by atomic mass is 10.1. The van der Waals surface area contributed by atoms with E-state index in [1.165, 1.54) is 7.11 Å². The van der Waals surface area contributed by atoms with Crippen molar-refractivity contribution in [3.8, 4) is 5.75 Å². The summed E-state index contributed by atoms with van der Waals surface area (Å²) >= 11 is 6.18. The SMILES string of the molecule is COc1cc(C(=O)OCC(=O)Nc2ccnn2Cc2ccccc2Cl)ccc1C. The lowest BCUT2D eigenvalue weighted by Gasteiger charge is -2.11. The Labute approximate surface area is 173 Å². The second-order valence-corrected chi connectivity index (χ2v) is 6.68. The largest absolute Gasteiger partial charge is 0.496 e. The number of hydrogen-bond acceptors (Lipinski definition) is 5. The van der Waals surface area contributed by atoms with Crippen molar-refractivity contribution >= 4 is 29.3 Å². The average Bonchev–Trinajstić information content (AvgIpc) is 3.14. The van der Waals surface area contributed by atoms with Crippen LogP contribution >= 0.6 is 11.6 Å². The predicted octanol–water partition coefficient (Wildman–Crippen LogP) is 3.70. The summed E-state index contributed by atoms with van der Waals surface area (Å²) in [6.07, 6.45) is 1.57. The molecular weight excluding hydrogens is 394 g/mol. The highest BCUT2D eigenvalue weighted by atomic mass is 35.5. The van der Waals surface area contributed by atoms with Crippen LogP contribution in [0.15, 0.2) is 54.7 Å². The van der Waals surface area contributed by atoms with Gasteiger partial charge >= 0.3 is 5.97 Å². The molecule has 1 amide bonds. The van der Waals surface area contributed by atoms with E-state index in [1.54, 1.807) is 41.2 Å². The third kappa shape index (κ3) is 5.14. The Kier molecular flexibility index (Phi) is 6.51. The van der Waals surface area contributed by atoms with Gasteiger partial charge in [-0.3, -0.25) is 4.79 Å². The molecule has 0 atom stereocenters. The second kappa shape index (κ2) is 9.25. The lowest BCUT2D eigenvalue weighted by molar-refractivity contribution is -0.119. The van der Waals surface area contributed by atoms with Crippen molar-refractivity contribution in [2.24, 2.45) is 0 Å². The van der Waals surface area contributed by atoms with Crippen LogP contribution in [-0.2, 0) is 16.1 Å². The van der Waals surface area contributed by atoms with Crippen LogP contribution in [-0.4, -0.2) is 35.4 Å². The van der Waals surface area contributed by atoms with E-state index in [1.807, 2.05) is 25.1 Å². The molecule has 0 aliphatic heterocycles. The predicted molar refractivity (Wildman–Crippen MR) is 109 cm³/mol. The molecule has 1 aromatic heterocycles. The highest BCUT2D eigenvalue weighted by Gasteiger charge is 2.14. The van der Waals surface area contributed by atoms with Crippen LogP contribution in [0.4, 0.5) is 5.82 Å². The van der Waals surface area contributed by atoms with Crippen molar-refractivity contribution in [3.05, 3.63) is 76.4 Å². The normalized spacial score (nSPS) is 10.4. The molecule has 2 aromatic carbocycles. The minimum atomic E-state index is -0.608. The Morgan fingerprint density at radius 1 is 1.17 bits per heavy atom. The van der Waals surface area contributed by atoms with Gasteiger partial charge in [-0.2, -0.15) is 5.10 Å². The molecule has 0 saturated heterocycles. The van der Waals surface area contributed by atoms with Crippen LogP contribution in [0.5, 0.6) is 5.75 Å². The zero-order valence-electron chi connectivity index (χ0n) is 16.0. The van der Waals surface area contributed by atoms with Gasteiger partial charge in [0.2, 0.25) is 0 Å². The first-order chi connectivity index (χ1) is 14.0. The van der Waals surface area contributed by atoms with Crippen molar-refractivity contribution in [1.82, 2.24) is 9.78 Å². The van der Waals surface area contributed by atoms with E-state index in [0.29, 0.717) is 28.7 Å². The molecular formula is C21H20ClN3O4. The number of nitrogens with one attached hydrogen (secondary N) is 1. The fourth-order valence-corrected chi connectivity index (χ4v) is 2.89. The minimum Gasteiger partial charge on any atom is -0.496 e. The first-order valence-corrected chi connectivity index (χ1v) is 9.22. The molecule has 0 radical (unpaired) electrons. The molecule has 3 rings (SSSR count). The number of aryl methyl sites for hydroxylation is 1. The molecule has 7 nitrogen and oxygen atoms in total. The van der Waals surface area contributed by atoms with Gasteiger partial charge in [-0.15, -0.1) is 0 Å². The number of rotatable bonds is 7. The summed E-state index contributed by atoms with van der Waals surface area (Å²) < 4.78 is 11.9. The summed E-state index contributed by atoms with van der Waals surface area (Å²) in [5.41, 5.74) is 2.07. The van der Waals surface area contributed by atoms with E-state index in [2.05, 4.69) is 10.4 Å². The molecule has 0 spiro atoms. The van der Waals surface area contributed by atoms with Crippen LogP contribution in [0.1, 0.15) is 21.5 Å². The van der Waals surface area contributed by atoms with E-state index >= 15 is 0 Å². The smallest absolute Gasteiger partial charge is 0.338 e. The molecule has 8 heteroatoms. The lowest BCUT2D eigenvalue weighted by Crippen LogP contribution is -2.22. The molecule has 0 aliphatic rings. The highest BCUT2D eigenvalue weighted by Crippen LogP contribution is 2.20. The standard InChI is InChI=1S/C21H20ClN3O4/c1-14-7-8-15(11-18(14)28-2)21(27)29-13-20(26)24-19-9-10-23-25(19)12-16-5-3-4-6-17(16)22/h3-11H,12-13H2,1-2H3,(H,24,26). The summed E-state index contributed by atoms with van der Waals surface area (Å²) in [6.45, 7) is 1.84. The number of carbonyl (C=O) groups is 2. The zero-order valence-corrected chi connectivity index (χ0v) is 16.8. The minimum absolute atomic E-state index is 0.309. The first-order valence-electron chi connectivity index (χ1n) is 8.84. The fraction of sp³-hybridized carbons (Fsp3) is 0.190. The van der Waals surface area contributed by atoms with E-state index < -0.39 is 18.5 Å². The Bertz CT molecular complexity index is 1030.